The van der Waals surface area contributed by atoms with Crippen molar-refractivity contribution in [2.24, 2.45) is 0 Å². The van der Waals surface area contributed by atoms with Gasteiger partial charge >= 0.3 is 12.1 Å². The SMILES string of the molecule is COC(=O)c1cc(C2CC2)c(F)cc1NC(=O)OC(C)(C)C. The van der Waals surface area contributed by atoms with E-state index in [1.165, 1.54) is 13.2 Å². The minimum Gasteiger partial charge on any atom is -0.465 e. The number of esters is 1. The highest BCUT2D eigenvalue weighted by atomic mass is 19.1. The molecule has 1 aromatic rings. The molecule has 0 heterocycles. The molecule has 1 saturated carbocycles. The van der Waals surface area contributed by atoms with Crippen LogP contribution in [-0.4, -0.2) is 24.8 Å². The average Bonchev–Trinajstić information content (AvgIpc) is 3.20. The van der Waals surface area contributed by atoms with E-state index >= 15 is 0 Å². The zero-order valence-electron chi connectivity index (χ0n) is 13.2. The monoisotopic (exact) mass is 309 g/mol. The van der Waals surface area contributed by atoms with Crippen LogP contribution in [-0.2, 0) is 9.47 Å². The molecule has 1 aliphatic rings. The minimum absolute atomic E-state index is 0.0444. The number of halogens is 1. The summed E-state index contributed by atoms with van der Waals surface area (Å²) in [4.78, 5) is 23.7. The summed E-state index contributed by atoms with van der Waals surface area (Å²) < 4.78 is 23.9. The molecule has 5 nitrogen and oxygen atoms in total. The van der Waals surface area contributed by atoms with E-state index in [4.69, 9.17) is 9.47 Å². The van der Waals surface area contributed by atoms with Crippen molar-refractivity contribution in [3.63, 3.8) is 0 Å². The van der Waals surface area contributed by atoms with Gasteiger partial charge in [0.25, 0.3) is 0 Å². The average molecular weight is 309 g/mol. The third-order valence-corrected chi connectivity index (χ3v) is 3.19. The fourth-order valence-electron chi connectivity index (χ4n) is 2.09. The maximum Gasteiger partial charge on any atom is 0.412 e. The van der Waals surface area contributed by atoms with Crippen LogP contribution in [0.15, 0.2) is 12.1 Å². The highest BCUT2D eigenvalue weighted by molar-refractivity contribution is 6.00. The number of hydrogen-bond acceptors (Lipinski definition) is 4. The molecule has 1 aliphatic carbocycles. The molecule has 120 valence electrons. The fourth-order valence-corrected chi connectivity index (χ4v) is 2.09. The van der Waals surface area contributed by atoms with Gasteiger partial charge < -0.3 is 9.47 Å². The van der Waals surface area contributed by atoms with E-state index in [9.17, 15) is 14.0 Å². The van der Waals surface area contributed by atoms with Gasteiger partial charge in [-0.05, 0) is 57.2 Å². The van der Waals surface area contributed by atoms with Crippen molar-refractivity contribution in [2.75, 3.05) is 12.4 Å². The van der Waals surface area contributed by atoms with Crippen LogP contribution in [0.4, 0.5) is 14.9 Å². The van der Waals surface area contributed by atoms with Gasteiger partial charge in [-0.15, -0.1) is 0 Å². The molecule has 22 heavy (non-hydrogen) atoms. The van der Waals surface area contributed by atoms with Crippen LogP contribution in [0.5, 0.6) is 0 Å². The molecule has 1 N–H and O–H groups in total. The Morgan fingerprint density at radius 1 is 1.27 bits per heavy atom. The summed E-state index contributed by atoms with van der Waals surface area (Å²) in [6.45, 7) is 5.14. The molecule has 6 heteroatoms. The van der Waals surface area contributed by atoms with Crippen LogP contribution in [0.1, 0.15) is 55.5 Å². The van der Waals surface area contributed by atoms with Gasteiger partial charge in [0.1, 0.15) is 11.4 Å². The summed E-state index contributed by atoms with van der Waals surface area (Å²) in [6.07, 6.45) is 1.04. The molecule has 0 radical (unpaired) electrons. The van der Waals surface area contributed by atoms with Crippen molar-refractivity contribution in [2.45, 2.75) is 45.1 Å². The number of carbonyl (C=O) groups is 2. The molecule has 0 unspecified atom stereocenters. The summed E-state index contributed by atoms with van der Waals surface area (Å²) in [7, 11) is 1.24. The first-order valence-electron chi connectivity index (χ1n) is 7.13. The second-order valence-corrected chi connectivity index (χ2v) is 6.31. The van der Waals surface area contributed by atoms with Gasteiger partial charge in [-0.2, -0.15) is 0 Å². The van der Waals surface area contributed by atoms with Gasteiger partial charge in [0.2, 0.25) is 0 Å². The van der Waals surface area contributed by atoms with Crippen molar-refractivity contribution in [3.05, 3.63) is 29.1 Å². The molecule has 0 aliphatic heterocycles. The molecule has 0 aromatic heterocycles. The Hall–Kier alpha value is -2.11. The van der Waals surface area contributed by atoms with Gasteiger partial charge in [-0.3, -0.25) is 5.32 Å². The molecule has 0 bridgehead atoms. The Balaban J connectivity index is 2.30. The minimum atomic E-state index is -0.753. The number of anilines is 1. The lowest BCUT2D eigenvalue weighted by molar-refractivity contribution is 0.0601. The van der Waals surface area contributed by atoms with E-state index in [0.29, 0.717) is 5.56 Å². The lowest BCUT2D eigenvalue weighted by atomic mass is 10.0. The normalized spacial score (nSPS) is 14.4. The zero-order valence-corrected chi connectivity index (χ0v) is 13.2. The van der Waals surface area contributed by atoms with E-state index in [1.807, 2.05) is 0 Å². The lowest BCUT2D eigenvalue weighted by Crippen LogP contribution is -2.28. The molecule has 0 atom stereocenters. The van der Waals surface area contributed by atoms with Crippen molar-refractivity contribution in [3.8, 4) is 0 Å². The number of hydrogen-bond donors (Lipinski definition) is 1. The van der Waals surface area contributed by atoms with Gasteiger partial charge in [0, 0.05) is 0 Å². The van der Waals surface area contributed by atoms with Crippen molar-refractivity contribution in [1.29, 1.82) is 0 Å². The molecule has 2 rings (SSSR count). The molecule has 0 saturated heterocycles. The maximum atomic E-state index is 14.1. The standard InChI is InChI=1S/C16H20FNO4/c1-16(2,3)22-15(20)18-13-8-12(17)10(9-5-6-9)7-11(13)14(19)21-4/h7-9H,5-6H2,1-4H3,(H,18,20). The van der Waals surface area contributed by atoms with Gasteiger partial charge in [-0.25, -0.2) is 14.0 Å². The summed E-state index contributed by atoms with van der Waals surface area (Å²) in [5.41, 5.74) is -0.0445. The van der Waals surface area contributed by atoms with Gasteiger partial charge in [0.05, 0.1) is 18.4 Å². The fraction of sp³-hybridized carbons (Fsp3) is 0.500. The maximum absolute atomic E-state index is 14.1. The van der Waals surface area contributed by atoms with Crippen LogP contribution in [0, 0.1) is 5.82 Å². The number of ether oxygens (including phenoxy) is 2. The first-order valence-corrected chi connectivity index (χ1v) is 7.13. The number of nitrogens with one attached hydrogen (secondary N) is 1. The largest absolute Gasteiger partial charge is 0.465 e. The first kappa shape index (κ1) is 16.3. The molecule has 1 fully saturated rings. The molecular weight excluding hydrogens is 289 g/mol. The Morgan fingerprint density at radius 3 is 2.41 bits per heavy atom. The predicted molar refractivity (Wildman–Crippen MR) is 79.6 cm³/mol. The second kappa shape index (κ2) is 5.94. The van der Waals surface area contributed by atoms with E-state index < -0.39 is 23.5 Å². The van der Waals surface area contributed by atoms with Crippen LogP contribution in [0.2, 0.25) is 0 Å². The third kappa shape index (κ3) is 3.96. The predicted octanol–water partition coefficient (Wildman–Crippen LogP) is 3.84. The van der Waals surface area contributed by atoms with Crippen molar-refractivity contribution < 1.29 is 23.5 Å². The first-order chi connectivity index (χ1) is 10.2. The van der Waals surface area contributed by atoms with Gasteiger partial charge in [0.15, 0.2) is 0 Å². The summed E-state index contributed by atoms with van der Waals surface area (Å²) >= 11 is 0. The number of benzene rings is 1. The molecule has 0 spiro atoms. The van der Waals surface area contributed by atoms with E-state index in [-0.39, 0.29) is 17.2 Å². The Kier molecular flexibility index (Phi) is 4.39. The number of methoxy groups -OCH3 is 1. The Bertz CT molecular complexity index is 603. The van der Waals surface area contributed by atoms with Crippen LogP contribution in [0.3, 0.4) is 0 Å². The molecule has 1 amide bonds. The van der Waals surface area contributed by atoms with E-state index in [0.717, 1.165) is 18.9 Å². The molecular formula is C16H20FNO4. The molecule has 1 aromatic carbocycles. The van der Waals surface area contributed by atoms with Crippen LogP contribution < -0.4 is 5.32 Å². The third-order valence-electron chi connectivity index (χ3n) is 3.19. The number of carbonyl (C=O) groups excluding carboxylic acids is 2. The van der Waals surface area contributed by atoms with Crippen LogP contribution in [0.25, 0.3) is 0 Å². The van der Waals surface area contributed by atoms with Gasteiger partial charge in [-0.1, -0.05) is 0 Å². The Labute approximate surface area is 128 Å². The van der Waals surface area contributed by atoms with Crippen LogP contribution >= 0.6 is 0 Å². The highest BCUT2D eigenvalue weighted by Gasteiger charge is 2.29. The Morgan fingerprint density at radius 2 is 1.91 bits per heavy atom. The highest BCUT2D eigenvalue weighted by Crippen LogP contribution is 2.42. The van der Waals surface area contributed by atoms with E-state index in [2.05, 4.69) is 5.32 Å². The van der Waals surface area contributed by atoms with E-state index in [1.54, 1.807) is 20.8 Å². The van der Waals surface area contributed by atoms with Crippen molar-refractivity contribution in [1.82, 2.24) is 0 Å². The summed E-state index contributed by atoms with van der Waals surface area (Å²) in [5, 5.41) is 2.41. The van der Waals surface area contributed by atoms with Crippen molar-refractivity contribution >= 4 is 17.7 Å². The summed E-state index contributed by atoms with van der Waals surface area (Å²) in [6, 6.07) is 2.59. The second-order valence-electron chi connectivity index (χ2n) is 6.31. The topological polar surface area (TPSA) is 64.6 Å². The number of rotatable bonds is 3. The summed E-state index contributed by atoms with van der Waals surface area (Å²) in [5.74, 6) is -0.937. The number of amides is 1. The lowest BCUT2D eigenvalue weighted by Gasteiger charge is -2.20. The zero-order chi connectivity index (χ0) is 16.5. The smallest absolute Gasteiger partial charge is 0.412 e. The quantitative estimate of drug-likeness (QED) is 0.862.